The van der Waals surface area contributed by atoms with Crippen molar-refractivity contribution in [3.63, 3.8) is 0 Å². The van der Waals surface area contributed by atoms with Gasteiger partial charge in [0.1, 0.15) is 17.4 Å². The molecule has 2 fully saturated rings. The quantitative estimate of drug-likeness (QED) is 0.337. The first-order valence-electron chi connectivity index (χ1n) is 10.3. The molecule has 5 heteroatoms. The standard InChI is InChI=1S/C23H33NO4/c1-6-7-16-14(3)11-15-10-13(2)8-9-17(15)23(16,4)21(27)19-20(26)18(12-25)24(5)22(19)28/h6-7,11,13,15-18,25,27H,8-10,12H2,1-5H3/b7-6+,21-19-/t13-,15?,16-,17-,18+,23-/m0/s1. The van der Waals surface area contributed by atoms with E-state index >= 15 is 0 Å². The predicted octanol–water partition coefficient (Wildman–Crippen LogP) is 3.41. The van der Waals surface area contributed by atoms with Crippen LogP contribution in [0.25, 0.3) is 0 Å². The molecule has 1 heterocycles. The number of carbonyl (C=O) groups is 2. The van der Waals surface area contributed by atoms with Crippen molar-refractivity contribution in [1.82, 2.24) is 4.90 Å². The molecule has 0 spiro atoms. The number of allylic oxidation sites excluding steroid dienone is 5. The van der Waals surface area contributed by atoms with Gasteiger partial charge < -0.3 is 15.1 Å². The molecule has 1 amide bonds. The first kappa shape index (κ1) is 20.8. The first-order valence-corrected chi connectivity index (χ1v) is 10.3. The summed E-state index contributed by atoms with van der Waals surface area (Å²) in [7, 11) is 1.50. The van der Waals surface area contributed by atoms with Gasteiger partial charge in [0.05, 0.1) is 6.61 Å². The van der Waals surface area contributed by atoms with Gasteiger partial charge in [-0.25, -0.2) is 0 Å². The number of fused-ring (bicyclic) bond motifs is 1. The molecule has 0 bridgehead atoms. The highest BCUT2D eigenvalue weighted by Crippen LogP contribution is 2.58. The number of rotatable bonds is 3. The number of amides is 1. The van der Waals surface area contributed by atoms with E-state index in [1.165, 1.54) is 17.5 Å². The van der Waals surface area contributed by atoms with Gasteiger partial charge in [-0.3, -0.25) is 9.59 Å². The molecule has 0 aromatic carbocycles. The van der Waals surface area contributed by atoms with E-state index in [1.807, 2.05) is 19.9 Å². The Balaban J connectivity index is 2.19. The molecule has 6 atom stereocenters. The van der Waals surface area contributed by atoms with Gasteiger partial charge in [-0.15, -0.1) is 0 Å². The van der Waals surface area contributed by atoms with E-state index in [2.05, 4.69) is 26.0 Å². The van der Waals surface area contributed by atoms with Gasteiger partial charge in [0.15, 0.2) is 5.78 Å². The largest absolute Gasteiger partial charge is 0.511 e. The number of ketones is 1. The number of likely N-dealkylation sites (N-methyl/N-ethyl adjacent to an activating group) is 1. The first-order chi connectivity index (χ1) is 13.2. The maximum Gasteiger partial charge on any atom is 0.261 e. The molecule has 1 saturated carbocycles. The Kier molecular flexibility index (Phi) is 5.59. The van der Waals surface area contributed by atoms with Crippen LogP contribution in [0.1, 0.15) is 47.0 Å². The maximum atomic E-state index is 12.9. The summed E-state index contributed by atoms with van der Waals surface area (Å²) in [6.45, 7) is 7.87. The second-order valence-corrected chi connectivity index (χ2v) is 9.09. The summed E-state index contributed by atoms with van der Waals surface area (Å²) in [5.74, 6) is -0.00149. The van der Waals surface area contributed by atoms with E-state index in [0.717, 1.165) is 19.3 Å². The molecule has 2 aliphatic carbocycles. The van der Waals surface area contributed by atoms with Crippen molar-refractivity contribution >= 4 is 11.7 Å². The molecule has 28 heavy (non-hydrogen) atoms. The minimum atomic E-state index is -0.907. The zero-order valence-corrected chi connectivity index (χ0v) is 17.6. The lowest BCUT2D eigenvalue weighted by Gasteiger charge is -2.52. The monoisotopic (exact) mass is 387 g/mol. The molecule has 2 N–H and O–H groups in total. The number of Topliss-reactive ketones (excluding diaryl/α,β-unsaturated/α-hetero) is 1. The van der Waals surface area contributed by atoms with Gasteiger partial charge in [-0.2, -0.15) is 0 Å². The molecule has 0 radical (unpaired) electrons. The fourth-order valence-corrected chi connectivity index (χ4v) is 5.82. The molecule has 5 nitrogen and oxygen atoms in total. The Morgan fingerprint density at radius 1 is 1.36 bits per heavy atom. The molecular formula is C23H33NO4. The lowest BCUT2D eigenvalue weighted by atomic mass is 9.52. The van der Waals surface area contributed by atoms with Gasteiger partial charge in [0.25, 0.3) is 5.91 Å². The van der Waals surface area contributed by atoms with E-state index in [-0.39, 0.29) is 23.2 Å². The fourth-order valence-electron chi connectivity index (χ4n) is 5.82. The summed E-state index contributed by atoms with van der Waals surface area (Å²) in [5, 5.41) is 21.0. The summed E-state index contributed by atoms with van der Waals surface area (Å²) < 4.78 is 0. The Morgan fingerprint density at radius 3 is 2.61 bits per heavy atom. The summed E-state index contributed by atoms with van der Waals surface area (Å²) in [5.41, 5.74) is 0.320. The normalized spacial score (nSPS) is 40.7. The van der Waals surface area contributed by atoms with Crippen LogP contribution in [-0.4, -0.2) is 46.5 Å². The zero-order valence-electron chi connectivity index (χ0n) is 17.6. The van der Waals surface area contributed by atoms with E-state index < -0.39 is 29.8 Å². The lowest BCUT2D eigenvalue weighted by molar-refractivity contribution is -0.126. The molecule has 3 aliphatic rings. The van der Waals surface area contributed by atoms with E-state index in [1.54, 1.807) is 0 Å². The molecule has 0 aromatic heterocycles. The predicted molar refractivity (Wildman–Crippen MR) is 108 cm³/mol. The van der Waals surface area contributed by atoms with Crippen molar-refractivity contribution < 1.29 is 19.8 Å². The van der Waals surface area contributed by atoms with E-state index in [9.17, 15) is 19.8 Å². The van der Waals surface area contributed by atoms with Crippen LogP contribution < -0.4 is 0 Å². The SMILES string of the molecule is C/C=C/[C@H]1C(C)=CC2C[C@@H](C)CC[C@@H]2[C@@]1(C)/C(O)=C1\C(=O)[C@@H](CO)N(C)C1=O. The van der Waals surface area contributed by atoms with Crippen LogP contribution in [0.3, 0.4) is 0 Å². The minimum Gasteiger partial charge on any atom is -0.511 e. The third-order valence-electron chi connectivity index (χ3n) is 7.40. The summed E-state index contributed by atoms with van der Waals surface area (Å²) >= 11 is 0. The number of hydrogen-bond donors (Lipinski definition) is 2. The summed E-state index contributed by atoms with van der Waals surface area (Å²) in [6.07, 6.45) is 9.49. The maximum absolute atomic E-state index is 12.9. The van der Waals surface area contributed by atoms with Crippen molar-refractivity contribution in [3.05, 3.63) is 35.1 Å². The van der Waals surface area contributed by atoms with Crippen molar-refractivity contribution in [1.29, 1.82) is 0 Å². The molecule has 3 rings (SSSR count). The smallest absolute Gasteiger partial charge is 0.261 e. The second kappa shape index (κ2) is 7.51. The van der Waals surface area contributed by atoms with Crippen LogP contribution in [-0.2, 0) is 9.59 Å². The number of aliphatic hydroxyl groups excluding tert-OH is 2. The Bertz CT molecular complexity index is 765. The van der Waals surface area contributed by atoms with Crippen molar-refractivity contribution in [2.75, 3.05) is 13.7 Å². The topological polar surface area (TPSA) is 77.8 Å². The average molecular weight is 388 g/mol. The minimum absolute atomic E-state index is 0.0706. The molecule has 1 saturated heterocycles. The molecule has 154 valence electrons. The highest BCUT2D eigenvalue weighted by molar-refractivity contribution is 6.26. The number of aliphatic hydroxyl groups is 2. The van der Waals surface area contributed by atoms with Gasteiger partial charge in [0.2, 0.25) is 0 Å². The second-order valence-electron chi connectivity index (χ2n) is 9.09. The van der Waals surface area contributed by atoms with Crippen LogP contribution in [0.2, 0.25) is 0 Å². The van der Waals surface area contributed by atoms with Gasteiger partial charge in [-0.1, -0.05) is 44.1 Å². The van der Waals surface area contributed by atoms with Crippen molar-refractivity contribution in [2.24, 2.45) is 29.1 Å². The highest BCUT2D eigenvalue weighted by atomic mass is 16.3. The molecule has 1 unspecified atom stereocenters. The summed E-state index contributed by atoms with van der Waals surface area (Å²) in [4.78, 5) is 26.9. The van der Waals surface area contributed by atoms with Gasteiger partial charge in [-0.05, 0) is 44.4 Å². The van der Waals surface area contributed by atoms with E-state index in [4.69, 9.17) is 0 Å². The van der Waals surface area contributed by atoms with Crippen LogP contribution in [0.4, 0.5) is 0 Å². The molecular weight excluding hydrogens is 354 g/mol. The van der Waals surface area contributed by atoms with Crippen molar-refractivity contribution in [3.8, 4) is 0 Å². The number of carbonyl (C=O) groups excluding carboxylic acids is 2. The highest BCUT2D eigenvalue weighted by Gasteiger charge is 2.55. The van der Waals surface area contributed by atoms with Gasteiger partial charge in [0, 0.05) is 18.4 Å². The average Bonchev–Trinajstić information content (AvgIpc) is 2.86. The Labute approximate surface area is 167 Å². The number of hydrogen-bond acceptors (Lipinski definition) is 4. The fraction of sp³-hybridized carbons (Fsp3) is 0.652. The summed E-state index contributed by atoms with van der Waals surface area (Å²) in [6, 6.07) is -0.907. The van der Waals surface area contributed by atoms with Crippen LogP contribution in [0.15, 0.2) is 35.1 Å². The number of nitrogens with zero attached hydrogens (tertiary/aromatic N) is 1. The van der Waals surface area contributed by atoms with Gasteiger partial charge >= 0.3 is 0 Å². The lowest BCUT2D eigenvalue weighted by Crippen LogP contribution is -2.46. The zero-order chi connectivity index (χ0) is 20.8. The molecule has 1 aliphatic heterocycles. The van der Waals surface area contributed by atoms with E-state index in [0.29, 0.717) is 11.8 Å². The Morgan fingerprint density at radius 2 is 2.04 bits per heavy atom. The Hall–Kier alpha value is -1.88. The van der Waals surface area contributed by atoms with Crippen LogP contribution >= 0.6 is 0 Å². The third-order valence-corrected chi connectivity index (χ3v) is 7.40. The molecule has 0 aromatic rings. The van der Waals surface area contributed by atoms with Crippen LogP contribution in [0.5, 0.6) is 0 Å². The third kappa shape index (κ3) is 2.95. The number of likely N-dealkylation sites (tertiary alicyclic amines) is 1. The van der Waals surface area contributed by atoms with Crippen LogP contribution in [0, 0.1) is 29.1 Å². The van der Waals surface area contributed by atoms with Crippen molar-refractivity contribution in [2.45, 2.75) is 53.0 Å².